The lowest BCUT2D eigenvalue weighted by atomic mass is 10.3. The molecule has 3 aromatic heterocycles. The van der Waals surface area contributed by atoms with Crippen molar-refractivity contribution in [2.24, 2.45) is 0 Å². The number of aryl methyl sites for hydroxylation is 1. The van der Waals surface area contributed by atoms with Crippen LogP contribution in [0.4, 0.5) is 5.82 Å². The van der Waals surface area contributed by atoms with Crippen molar-refractivity contribution in [3.63, 3.8) is 0 Å². The first-order chi connectivity index (χ1) is 11.3. The number of rotatable bonds is 5. The minimum atomic E-state index is 0.776. The van der Waals surface area contributed by atoms with Gasteiger partial charge in [0.05, 0.1) is 15.2 Å². The van der Waals surface area contributed by atoms with E-state index in [0.717, 1.165) is 47.2 Å². The lowest BCUT2D eigenvalue weighted by Gasteiger charge is -2.04. The van der Waals surface area contributed by atoms with Crippen molar-refractivity contribution in [1.29, 1.82) is 0 Å². The monoisotopic (exact) mass is 324 g/mol. The third kappa shape index (κ3) is 2.75. The van der Waals surface area contributed by atoms with Gasteiger partial charge in [0.15, 0.2) is 11.5 Å². The van der Waals surface area contributed by atoms with E-state index in [9.17, 15) is 0 Å². The van der Waals surface area contributed by atoms with Crippen LogP contribution in [0, 0.1) is 0 Å². The number of hydrogen-bond donors (Lipinski definition) is 1. The number of nitrogens with one attached hydrogen (secondary N) is 1. The molecule has 0 aliphatic rings. The average Bonchev–Trinajstić information content (AvgIpc) is 3.17. The summed E-state index contributed by atoms with van der Waals surface area (Å²) in [6.07, 6.45) is 1.69. The second-order valence-corrected chi connectivity index (χ2v) is 6.33. The number of hydrogen-bond acceptors (Lipinski definition) is 6. The molecule has 3 heterocycles. The summed E-state index contributed by atoms with van der Waals surface area (Å²) in [6, 6.07) is 12.1. The molecule has 4 rings (SSSR count). The normalized spacial score (nSPS) is 11.3. The second-order valence-electron chi connectivity index (χ2n) is 5.21. The smallest absolute Gasteiger partial charge is 0.178 e. The van der Waals surface area contributed by atoms with E-state index in [4.69, 9.17) is 0 Å². The molecular formula is C16H16N6S. The molecule has 6 nitrogen and oxygen atoms in total. The van der Waals surface area contributed by atoms with Crippen LogP contribution >= 0.6 is 11.3 Å². The molecule has 1 N–H and O–H groups in total. The highest BCUT2D eigenvalue weighted by atomic mass is 32.1. The zero-order valence-electron chi connectivity index (χ0n) is 12.7. The van der Waals surface area contributed by atoms with Crippen molar-refractivity contribution in [2.45, 2.75) is 19.8 Å². The van der Waals surface area contributed by atoms with E-state index in [1.54, 1.807) is 15.9 Å². The molecule has 0 amide bonds. The Labute approximate surface area is 137 Å². The lowest BCUT2D eigenvalue weighted by molar-refractivity contribution is 0.821. The molecule has 0 aliphatic carbocycles. The summed E-state index contributed by atoms with van der Waals surface area (Å²) < 4.78 is 3.03. The van der Waals surface area contributed by atoms with Crippen LogP contribution in [0.1, 0.15) is 17.8 Å². The second kappa shape index (κ2) is 5.92. The maximum atomic E-state index is 4.65. The molecule has 116 valence electrons. The third-order valence-electron chi connectivity index (χ3n) is 3.63. The van der Waals surface area contributed by atoms with Gasteiger partial charge >= 0.3 is 0 Å². The number of fused-ring (bicyclic) bond motifs is 2. The van der Waals surface area contributed by atoms with Crippen LogP contribution in [0.15, 0.2) is 36.4 Å². The Bertz CT molecular complexity index is 924. The van der Waals surface area contributed by atoms with Gasteiger partial charge in [-0.1, -0.05) is 19.1 Å². The van der Waals surface area contributed by atoms with E-state index < -0.39 is 0 Å². The van der Waals surface area contributed by atoms with Gasteiger partial charge in [-0.3, -0.25) is 0 Å². The third-order valence-corrected chi connectivity index (χ3v) is 4.72. The number of nitrogens with zero attached hydrogens (tertiary/aromatic N) is 5. The van der Waals surface area contributed by atoms with Crippen molar-refractivity contribution in [1.82, 2.24) is 24.8 Å². The molecule has 0 radical (unpaired) electrons. The van der Waals surface area contributed by atoms with E-state index in [1.165, 1.54) is 4.70 Å². The van der Waals surface area contributed by atoms with Gasteiger partial charge in [-0.05, 0) is 24.3 Å². The summed E-state index contributed by atoms with van der Waals surface area (Å²) in [5.74, 6) is 1.70. The predicted octanol–water partition coefficient (Wildman–Crippen LogP) is 2.95. The molecule has 7 heteroatoms. The number of anilines is 1. The highest BCUT2D eigenvalue weighted by Crippen LogP contribution is 2.21. The Hall–Kier alpha value is -2.54. The van der Waals surface area contributed by atoms with Crippen molar-refractivity contribution >= 4 is 33.0 Å². The first kappa shape index (κ1) is 14.1. The first-order valence-corrected chi connectivity index (χ1v) is 8.45. The quantitative estimate of drug-likeness (QED) is 0.611. The molecule has 0 unspecified atom stereocenters. The largest absolute Gasteiger partial charge is 0.368 e. The van der Waals surface area contributed by atoms with Gasteiger partial charge in [0.1, 0.15) is 5.82 Å². The number of aromatic nitrogens is 5. The molecule has 0 spiro atoms. The fourth-order valence-electron chi connectivity index (χ4n) is 2.47. The van der Waals surface area contributed by atoms with Crippen molar-refractivity contribution in [3.8, 4) is 0 Å². The zero-order valence-corrected chi connectivity index (χ0v) is 13.5. The van der Waals surface area contributed by atoms with Gasteiger partial charge in [-0.25, -0.2) is 4.98 Å². The SMILES string of the molecule is CCc1nnc2ccc(NCCc3nc4ccccc4s3)nn12. The van der Waals surface area contributed by atoms with E-state index in [2.05, 4.69) is 37.7 Å². The van der Waals surface area contributed by atoms with Crippen LogP contribution in [0.25, 0.3) is 15.9 Å². The van der Waals surface area contributed by atoms with Gasteiger partial charge in [-0.2, -0.15) is 4.52 Å². The summed E-state index contributed by atoms with van der Waals surface area (Å²) in [5.41, 5.74) is 1.85. The summed E-state index contributed by atoms with van der Waals surface area (Å²) in [4.78, 5) is 4.65. The van der Waals surface area contributed by atoms with Crippen molar-refractivity contribution in [2.75, 3.05) is 11.9 Å². The van der Waals surface area contributed by atoms with E-state index in [-0.39, 0.29) is 0 Å². The summed E-state index contributed by atoms with van der Waals surface area (Å²) in [6.45, 7) is 2.84. The van der Waals surface area contributed by atoms with Crippen LogP contribution < -0.4 is 5.32 Å². The molecular weight excluding hydrogens is 308 g/mol. The molecule has 23 heavy (non-hydrogen) atoms. The molecule has 0 saturated carbocycles. The molecule has 0 fully saturated rings. The van der Waals surface area contributed by atoms with Crippen molar-refractivity contribution in [3.05, 3.63) is 47.2 Å². The van der Waals surface area contributed by atoms with Gasteiger partial charge < -0.3 is 5.32 Å². The first-order valence-electron chi connectivity index (χ1n) is 7.63. The molecule has 0 aliphatic heterocycles. The molecule has 0 bridgehead atoms. The Morgan fingerprint density at radius 2 is 2.04 bits per heavy atom. The fraction of sp³-hybridized carbons (Fsp3) is 0.250. The standard InChI is InChI=1S/C16H16N6S/c1-2-14-19-20-15-8-7-13(21-22(14)15)17-10-9-16-18-11-5-3-4-6-12(11)23-16/h3-8H,2,9-10H2,1H3,(H,17,21). The van der Waals surface area contributed by atoms with Gasteiger partial charge in [0.25, 0.3) is 0 Å². The van der Waals surface area contributed by atoms with Crippen LogP contribution in [0.5, 0.6) is 0 Å². The maximum absolute atomic E-state index is 4.65. The van der Waals surface area contributed by atoms with E-state index >= 15 is 0 Å². The molecule has 0 atom stereocenters. The predicted molar refractivity (Wildman–Crippen MR) is 92.0 cm³/mol. The minimum Gasteiger partial charge on any atom is -0.368 e. The summed E-state index contributed by atoms with van der Waals surface area (Å²) in [7, 11) is 0. The topological polar surface area (TPSA) is 68.0 Å². The highest BCUT2D eigenvalue weighted by molar-refractivity contribution is 7.18. The maximum Gasteiger partial charge on any atom is 0.178 e. The Morgan fingerprint density at radius 1 is 1.13 bits per heavy atom. The molecule has 4 aromatic rings. The molecule has 1 aromatic carbocycles. The Balaban J connectivity index is 1.46. The van der Waals surface area contributed by atoms with Gasteiger partial charge in [0, 0.05) is 19.4 Å². The average molecular weight is 324 g/mol. The van der Waals surface area contributed by atoms with Crippen LogP contribution in [-0.4, -0.2) is 31.3 Å². The van der Waals surface area contributed by atoms with Gasteiger partial charge in [0.2, 0.25) is 0 Å². The highest BCUT2D eigenvalue weighted by Gasteiger charge is 2.06. The summed E-state index contributed by atoms with van der Waals surface area (Å²) >= 11 is 1.75. The fourth-order valence-corrected chi connectivity index (χ4v) is 3.44. The van der Waals surface area contributed by atoms with E-state index in [1.807, 2.05) is 31.2 Å². The number of para-hydroxylation sites is 1. The Kier molecular flexibility index (Phi) is 3.63. The minimum absolute atomic E-state index is 0.776. The van der Waals surface area contributed by atoms with Gasteiger partial charge in [-0.15, -0.1) is 26.6 Å². The van der Waals surface area contributed by atoms with Crippen LogP contribution in [0.2, 0.25) is 0 Å². The van der Waals surface area contributed by atoms with E-state index in [0.29, 0.717) is 0 Å². The number of thiazole rings is 1. The van der Waals surface area contributed by atoms with Crippen LogP contribution in [-0.2, 0) is 12.8 Å². The Morgan fingerprint density at radius 3 is 2.91 bits per heavy atom. The van der Waals surface area contributed by atoms with Crippen molar-refractivity contribution < 1.29 is 0 Å². The zero-order chi connectivity index (χ0) is 15.6. The number of benzene rings is 1. The lowest BCUT2D eigenvalue weighted by Crippen LogP contribution is -2.08. The van der Waals surface area contributed by atoms with Crippen LogP contribution in [0.3, 0.4) is 0 Å². The molecule has 0 saturated heterocycles. The summed E-state index contributed by atoms with van der Waals surface area (Å²) in [5, 5.41) is 17.2.